The Morgan fingerprint density at radius 1 is 1.35 bits per heavy atom. The topological polar surface area (TPSA) is 32.3 Å². The van der Waals surface area contributed by atoms with Gasteiger partial charge in [0, 0.05) is 12.6 Å². The number of piperidine rings is 1. The molecule has 1 amide bonds. The monoisotopic (exact) mass is 274 g/mol. The van der Waals surface area contributed by atoms with E-state index in [1.807, 2.05) is 6.07 Å². The van der Waals surface area contributed by atoms with Gasteiger partial charge < -0.3 is 10.2 Å². The van der Waals surface area contributed by atoms with E-state index in [4.69, 9.17) is 0 Å². The quantitative estimate of drug-likeness (QED) is 0.895. The standard InChI is InChI=1S/C17H26N2O/c1-3-11-19(16-7-9-18-10-8-16)17(20)13-15-6-4-5-14(2)12-15/h4-6,12,16,18H,3,7-11,13H2,1-2H3. The van der Waals surface area contributed by atoms with Crippen LogP contribution in [0.3, 0.4) is 0 Å². The molecule has 1 aromatic rings. The Kier molecular flexibility index (Phi) is 5.60. The minimum Gasteiger partial charge on any atom is -0.339 e. The van der Waals surface area contributed by atoms with Crippen molar-refractivity contribution in [2.45, 2.75) is 45.6 Å². The zero-order valence-electron chi connectivity index (χ0n) is 12.7. The summed E-state index contributed by atoms with van der Waals surface area (Å²) in [5, 5.41) is 3.37. The molecule has 110 valence electrons. The highest BCUT2D eigenvalue weighted by Crippen LogP contribution is 2.15. The van der Waals surface area contributed by atoms with Crippen molar-refractivity contribution in [3.8, 4) is 0 Å². The summed E-state index contributed by atoms with van der Waals surface area (Å²) in [7, 11) is 0. The smallest absolute Gasteiger partial charge is 0.227 e. The molecule has 0 radical (unpaired) electrons. The van der Waals surface area contributed by atoms with Gasteiger partial charge in [0.25, 0.3) is 0 Å². The molecule has 0 bridgehead atoms. The molecule has 1 fully saturated rings. The van der Waals surface area contributed by atoms with Gasteiger partial charge in [-0.05, 0) is 44.8 Å². The molecule has 1 aromatic carbocycles. The molecule has 0 atom stereocenters. The Morgan fingerprint density at radius 3 is 2.75 bits per heavy atom. The van der Waals surface area contributed by atoms with Crippen molar-refractivity contribution >= 4 is 5.91 Å². The maximum Gasteiger partial charge on any atom is 0.227 e. The number of carbonyl (C=O) groups excluding carboxylic acids is 1. The number of amides is 1. The van der Waals surface area contributed by atoms with E-state index in [-0.39, 0.29) is 5.91 Å². The molecule has 3 heteroatoms. The molecule has 0 aliphatic carbocycles. The average Bonchev–Trinajstić information content (AvgIpc) is 2.45. The van der Waals surface area contributed by atoms with Crippen LogP contribution in [-0.2, 0) is 11.2 Å². The summed E-state index contributed by atoms with van der Waals surface area (Å²) in [5.41, 5.74) is 2.35. The fourth-order valence-corrected chi connectivity index (χ4v) is 2.97. The van der Waals surface area contributed by atoms with Crippen LogP contribution in [0.25, 0.3) is 0 Å². The van der Waals surface area contributed by atoms with E-state index in [1.54, 1.807) is 0 Å². The van der Waals surface area contributed by atoms with E-state index < -0.39 is 0 Å². The number of benzene rings is 1. The molecule has 1 N–H and O–H groups in total. The molecule has 3 nitrogen and oxygen atoms in total. The van der Waals surface area contributed by atoms with Gasteiger partial charge in [-0.1, -0.05) is 36.8 Å². The first-order valence-corrected chi connectivity index (χ1v) is 7.76. The summed E-state index contributed by atoms with van der Waals surface area (Å²) in [5.74, 6) is 0.282. The molecule has 1 saturated heterocycles. The Bertz CT molecular complexity index is 438. The van der Waals surface area contributed by atoms with Gasteiger partial charge in [-0.2, -0.15) is 0 Å². The number of carbonyl (C=O) groups is 1. The van der Waals surface area contributed by atoms with Gasteiger partial charge in [-0.3, -0.25) is 4.79 Å². The third-order valence-corrected chi connectivity index (χ3v) is 3.97. The van der Waals surface area contributed by atoms with Gasteiger partial charge in [0.1, 0.15) is 0 Å². The van der Waals surface area contributed by atoms with Gasteiger partial charge in [0.2, 0.25) is 5.91 Å². The molecule has 0 unspecified atom stereocenters. The highest BCUT2D eigenvalue weighted by molar-refractivity contribution is 5.79. The summed E-state index contributed by atoms with van der Waals surface area (Å²) in [6.07, 6.45) is 3.73. The number of hydrogen-bond donors (Lipinski definition) is 1. The summed E-state index contributed by atoms with van der Waals surface area (Å²) in [6, 6.07) is 8.70. The average molecular weight is 274 g/mol. The highest BCUT2D eigenvalue weighted by atomic mass is 16.2. The lowest BCUT2D eigenvalue weighted by molar-refractivity contribution is -0.133. The van der Waals surface area contributed by atoms with E-state index in [2.05, 4.69) is 42.3 Å². The number of hydrogen-bond acceptors (Lipinski definition) is 2. The molecule has 1 heterocycles. The van der Waals surface area contributed by atoms with Crippen molar-refractivity contribution in [1.29, 1.82) is 0 Å². The van der Waals surface area contributed by atoms with Crippen molar-refractivity contribution in [2.75, 3.05) is 19.6 Å². The summed E-state index contributed by atoms with van der Waals surface area (Å²) in [6.45, 7) is 7.17. The van der Waals surface area contributed by atoms with Crippen LogP contribution in [0.2, 0.25) is 0 Å². The number of rotatable bonds is 5. The second-order valence-corrected chi connectivity index (χ2v) is 5.73. The summed E-state index contributed by atoms with van der Waals surface area (Å²) >= 11 is 0. The van der Waals surface area contributed by atoms with E-state index in [9.17, 15) is 4.79 Å². The van der Waals surface area contributed by atoms with Crippen LogP contribution in [0, 0.1) is 6.92 Å². The largest absolute Gasteiger partial charge is 0.339 e. The van der Waals surface area contributed by atoms with Gasteiger partial charge >= 0.3 is 0 Å². The minimum atomic E-state index is 0.282. The first-order chi connectivity index (χ1) is 9.70. The lowest BCUT2D eigenvalue weighted by Crippen LogP contribution is -2.47. The molecule has 1 aliphatic rings. The van der Waals surface area contributed by atoms with Crippen LogP contribution in [0.4, 0.5) is 0 Å². The third-order valence-electron chi connectivity index (χ3n) is 3.97. The van der Waals surface area contributed by atoms with Crippen molar-refractivity contribution in [3.05, 3.63) is 35.4 Å². The number of nitrogens with one attached hydrogen (secondary N) is 1. The number of nitrogens with zero attached hydrogens (tertiary/aromatic N) is 1. The van der Waals surface area contributed by atoms with Gasteiger partial charge in [0.15, 0.2) is 0 Å². The molecule has 2 rings (SSSR count). The minimum absolute atomic E-state index is 0.282. The molecule has 0 aromatic heterocycles. The second-order valence-electron chi connectivity index (χ2n) is 5.73. The van der Waals surface area contributed by atoms with Crippen LogP contribution in [0.1, 0.15) is 37.3 Å². The highest BCUT2D eigenvalue weighted by Gasteiger charge is 2.24. The van der Waals surface area contributed by atoms with E-state index in [0.29, 0.717) is 12.5 Å². The Hall–Kier alpha value is -1.35. The van der Waals surface area contributed by atoms with Gasteiger partial charge in [-0.25, -0.2) is 0 Å². The summed E-state index contributed by atoms with van der Waals surface area (Å²) in [4.78, 5) is 14.7. The lowest BCUT2D eigenvalue weighted by Gasteiger charge is -2.34. The molecule has 20 heavy (non-hydrogen) atoms. The molecular weight excluding hydrogens is 248 g/mol. The van der Waals surface area contributed by atoms with Crippen LogP contribution >= 0.6 is 0 Å². The van der Waals surface area contributed by atoms with Gasteiger partial charge in [0.05, 0.1) is 6.42 Å². The van der Waals surface area contributed by atoms with Crippen LogP contribution < -0.4 is 5.32 Å². The Balaban J connectivity index is 2.02. The normalized spacial score (nSPS) is 16.1. The maximum absolute atomic E-state index is 12.6. The third kappa shape index (κ3) is 4.07. The van der Waals surface area contributed by atoms with Crippen LogP contribution in [-0.4, -0.2) is 36.5 Å². The summed E-state index contributed by atoms with van der Waals surface area (Å²) < 4.78 is 0. The van der Waals surface area contributed by atoms with E-state index in [0.717, 1.165) is 44.5 Å². The zero-order chi connectivity index (χ0) is 14.4. The maximum atomic E-state index is 12.6. The van der Waals surface area contributed by atoms with Gasteiger partial charge in [-0.15, -0.1) is 0 Å². The second kappa shape index (κ2) is 7.44. The van der Waals surface area contributed by atoms with Crippen molar-refractivity contribution < 1.29 is 4.79 Å². The van der Waals surface area contributed by atoms with E-state index >= 15 is 0 Å². The van der Waals surface area contributed by atoms with Crippen LogP contribution in [0.15, 0.2) is 24.3 Å². The predicted molar refractivity (Wildman–Crippen MR) is 82.8 cm³/mol. The molecule has 1 aliphatic heterocycles. The first-order valence-electron chi connectivity index (χ1n) is 7.76. The fraction of sp³-hybridized carbons (Fsp3) is 0.588. The van der Waals surface area contributed by atoms with Crippen LogP contribution in [0.5, 0.6) is 0 Å². The van der Waals surface area contributed by atoms with Crippen molar-refractivity contribution in [1.82, 2.24) is 10.2 Å². The molecule has 0 spiro atoms. The SMILES string of the molecule is CCCN(C(=O)Cc1cccc(C)c1)C1CCNCC1. The number of aryl methyl sites for hydroxylation is 1. The molecular formula is C17H26N2O. The van der Waals surface area contributed by atoms with Crippen molar-refractivity contribution in [2.24, 2.45) is 0 Å². The fourth-order valence-electron chi connectivity index (χ4n) is 2.97. The Morgan fingerprint density at radius 2 is 2.10 bits per heavy atom. The zero-order valence-corrected chi connectivity index (χ0v) is 12.7. The predicted octanol–water partition coefficient (Wildman–Crippen LogP) is 2.53. The molecule has 0 saturated carbocycles. The Labute approximate surface area is 122 Å². The van der Waals surface area contributed by atoms with E-state index in [1.165, 1.54) is 5.56 Å². The lowest BCUT2D eigenvalue weighted by atomic mass is 10.0. The van der Waals surface area contributed by atoms with Crippen molar-refractivity contribution in [3.63, 3.8) is 0 Å². The first kappa shape index (κ1) is 15.0.